The second-order valence-electron chi connectivity index (χ2n) is 6.67. The van der Waals surface area contributed by atoms with Crippen LogP contribution in [0.4, 0.5) is 4.79 Å². The maximum atomic E-state index is 12.6. The van der Waals surface area contributed by atoms with E-state index in [4.69, 9.17) is 9.15 Å². The molecule has 146 valence electrons. The van der Waals surface area contributed by atoms with E-state index in [-0.39, 0.29) is 37.2 Å². The van der Waals surface area contributed by atoms with E-state index in [1.54, 1.807) is 31.0 Å². The summed E-state index contributed by atoms with van der Waals surface area (Å²) < 4.78 is 10.6. The first-order valence-corrected chi connectivity index (χ1v) is 8.97. The lowest BCUT2D eigenvalue weighted by molar-refractivity contribution is -0.139. The predicted octanol–water partition coefficient (Wildman–Crippen LogP) is 0.661. The summed E-state index contributed by atoms with van der Waals surface area (Å²) in [5.74, 6) is -0.196. The monoisotopic (exact) mass is 376 g/mol. The average molecular weight is 376 g/mol. The van der Waals surface area contributed by atoms with Crippen molar-refractivity contribution in [1.29, 1.82) is 0 Å². The van der Waals surface area contributed by atoms with Crippen molar-refractivity contribution < 1.29 is 23.5 Å². The van der Waals surface area contributed by atoms with Crippen molar-refractivity contribution in [2.24, 2.45) is 0 Å². The number of carbonyl (C=O) groups excluding carboxylic acids is 3. The predicted molar refractivity (Wildman–Crippen MR) is 95.4 cm³/mol. The number of esters is 1. The van der Waals surface area contributed by atoms with Crippen LogP contribution in [0.1, 0.15) is 31.6 Å². The number of urea groups is 1. The highest BCUT2D eigenvalue weighted by Crippen LogP contribution is 2.28. The largest absolute Gasteiger partial charge is 0.467 e. The molecule has 27 heavy (non-hydrogen) atoms. The van der Waals surface area contributed by atoms with Crippen molar-refractivity contribution in [1.82, 2.24) is 20.9 Å². The molecule has 9 nitrogen and oxygen atoms in total. The molecule has 2 heterocycles. The number of hydrogen-bond donors (Lipinski definition) is 3. The Morgan fingerprint density at radius 2 is 2.19 bits per heavy atom. The quantitative estimate of drug-likeness (QED) is 0.575. The van der Waals surface area contributed by atoms with Crippen molar-refractivity contribution in [3.63, 3.8) is 0 Å². The fourth-order valence-corrected chi connectivity index (χ4v) is 2.93. The molecule has 1 aromatic rings. The maximum absolute atomic E-state index is 12.6. The molecule has 1 fully saturated rings. The molecule has 2 aliphatic rings. The van der Waals surface area contributed by atoms with E-state index >= 15 is 0 Å². The summed E-state index contributed by atoms with van der Waals surface area (Å²) in [6, 6.07) is 2.44. The highest BCUT2D eigenvalue weighted by atomic mass is 16.5. The molecule has 1 saturated carbocycles. The third-order valence-electron chi connectivity index (χ3n) is 4.26. The molecular formula is C18H24N4O5. The van der Waals surface area contributed by atoms with Gasteiger partial charge >= 0.3 is 12.0 Å². The van der Waals surface area contributed by atoms with Crippen molar-refractivity contribution in [3.05, 3.63) is 35.4 Å². The minimum atomic E-state index is -0.753. The Morgan fingerprint density at radius 1 is 1.41 bits per heavy atom. The molecule has 3 amide bonds. The smallest absolute Gasteiger partial charge is 0.338 e. The van der Waals surface area contributed by atoms with Crippen LogP contribution in [0.3, 0.4) is 0 Å². The molecule has 3 rings (SSSR count). The summed E-state index contributed by atoms with van der Waals surface area (Å²) in [4.78, 5) is 38.4. The third-order valence-corrected chi connectivity index (χ3v) is 4.26. The first kappa shape index (κ1) is 19.0. The Kier molecular flexibility index (Phi) is 5.80. The zero-order chi connectivity index (χ0) is 19.4. The van der Waals surface area contributed by atoms with Gasteiger partial charge in [0.05, 0.1) is 25.0 Å². The Hall–Kier alpha value is -2.81. The van der Waals surface area contributed by atoms with Crippen LogP contribution >= 0.6 is 0 Å². The summed E-state index contributed by atoms with van der Waals surface area (Å²) in [5.41, 5.74) is 0.654. The summed E-state index contributed by atoms with van der Waals surface area (Å²) >= 11 is 0. The number of nitrogens with zero attached hydrogens (tertiary/aromatic N) is 1. The van der Waals surface area contributed by atoms with Crippen LogP contribution < -0.4 is 16.0 Å². The SMILES string of the molecule is CCOC(=O)C1=C(CN(C)CC(=O)NC2CC2)NC(=O)N[C@H]1c1ccco1. The number of carbonyl (C=O) groups is 3. The molecule has 1 aromatic heterocycles. The summed E-state index contributed by atoms with van der Waals surface area (Å²) in [5, 5.41) is 8.27. The number of likely N-dealkylation sites (N-methyl/N-ethyl adjacent to an activating group) is 1. The molecule has 0 spiro atoms. The molecule has 1 aliphatic carbocycles. The van der Waals surface area contributed by atoms with Crippen molar-refractivity contribution in [3.8, 4) is 0 Å². The van der Waals surface area contributed by atoms with Crippen LogP contribution in [0.5, 0.6) is 0 Å². The van der Waals surface area contributed by atoms with Gasteiger partial charge in [-0.3, -0.25) is 9.69 Å². The van der Waals surface area contributed by atoms with E-state index in [0.717, 1.165) is 12.8 Å². The Bertz CT molecular complexity index is 739. The van der Waals surface area contributed by atoms with Crippen LogP contribution in [-0.4, -0.2) is 55.6 Å². The summed E-state index contributed by atoms with van der Waals surface area (Å²) in [7, 11) is 1.75. The summed E-state index contributed by atoms with van der Waals surface area (Å²) in [6.45, 7) is 2.28. The van der Waals surface area contributed by atoms with Gasteiger partial charge in [-0.25, -0.2) is 9.59 Å². The van der Waals surface area contributed by atoms with Gasteiger partial charge in [0.25, 0.3) is 0 Å². The van der Waals surface area contributed by atoms with Crippen LogP contribution in [0, 0.1) is 0 Å². The number of ether oxygens (including phenoxy) is 1. The van der Waals surface area contributed by atoms with Crippen LogP contribution in [-0.2, 0) is 14.3 Å². The molecule has 0 radical (unpaired) electrons. The highest BCUT2D eigenvalue weighted by molar-refractivity contribution is 5.95. The average Bonchev–Trinajstić information content (AvgIpc) is 3.23. The first-order valence-electron chi connectivity index (χ1n) is 8.97. The van der Waals surface area contributed by atoms with Gasteiger partial charge < -0.3 is 25.1 Å². The van der Waals surface area contributed by atoms with E-state index < -0.39 is 18.0 Å². The normalized spacial score (nSPS) is 19.5. The lowest BCUT2D eigenvalue weighted by atomic mass is 10.00. The minimum Gasteiger partial charge on any atom is -0.467 e. The van der Waals surface area contributed by atoms with Gasteiger partial charge in [-0.15, -0.1) is 0 Å². The van der Waals surface area contributed by atoms with Gasteiger partial charge in [0, 0.05) is 18.3 Å². The Labute approximate surface area is 157 Å². The van der Waals surface area contributed by atoms with Crippen LogP contribution in [0.25, 0.3) is 0 Å². The standard InChI is InChI=1S/C18H24N4O5/c1-3-26-17(24)15-12(9-22(2)10-14(23)19-11-6-7-11)20-18(25)21-16(15)13-5-4-8-27-13/h4-5,8,11,16H,3,6-7,9-10H2,1-2H3,(H,19,23)(H2,20,21,25)/t16-/m0/s1. The van der Waals surface area contributed by atoms with Crippen molar-refractivity contribution >= 4 is 17.9 Å². The van der Waals surface area contributed by atoms with E-state index in [9.17, 15) is 14.4 Å². The number of rotatable bonds is 8. The molecule has 0 bridgehead atoms. The third kappa shape index (κ3) is 4.88. The van der Waals surface area contributed by atoms with Gasteiger partial charge in [0.1, 0.15) is 11.8 Å². The minimum absolute atomic E-state index is 0.0823. The van der Waals surface area contributed by atoms with E-state index in [1.807, 2.05) is 0 Å². The topological polar surface area (TPSA) is 113 Å². The zero-order valence-corrected chi connectivity index (χ0v) is 15.4. The lowest BCUT2D eigenvalue weighted by Gasteiger charge is -2.29. The van der Waals surface area contributed by atoms with Crippen LogP contribution in [0.15, 0.2) is 34.1 Å². The second kappa shape index (κ2) is 8.26. The maximum Gasteiger partial charge on any atom is 0.338 e. The fourth-order valence-electron chi connectivity index (χ4n) is 2.93. The molecule has 3 N–H and O–H groups in total. The summed E-state index contributed by atoms with van der Waals surface area (Å²) in [6.07, 6.45) is 3.50. The molecule has 1 aliphatic heterocycles. The zero-order valence-electron chi connectivity index (χ0n) is 15.4. The van der Waals surface area contributed by atoms with Gasteiger partial charge in [-0.2, -0.15) is 0 Å². The lowest BCUT2D eigenvalue weighted by Crippen LogP contribution is -2.48. The molecule has 1 atom stereocenters. The molecule has 0 unspecified atom stereocenters. The Morgan fingerprint density at radius 3 is 2.81 bits per heavy atom. The number of furan rings is 1. The van der Waals surface area contributed by atoms with Gasteiger partial charge in [0.15, 0.2) is 0 Å². The molecule has 0 saturated heterocycles. The number of nitrogens with one attached hydrogen (secondary N) is 3. The van der Waals surface area contributed by atoms with Gasteiger partial charge in [-0.05, 0) is 38.9 Å². The van der Waals surface area contributed by atoms with E-state index in [1.165, 1.54) is 6.26 Å². The second-order valence-corrected chi connectivity index (χ2v) is 6.67. The molecular weight excluding hydrogens is 352 g/mol. The highest BCUT2D eigenvalue weighted by Gasteiger charge is 2.35. The van der Waals surface area contributed by atoms with Gasteiger partial charge in [0.2, 0.25) is 5.91 Å². The fraction of sp³-hybridized carbons (Fsp3) is 0.500. The number of hydrogen-bond acceptors (Lipinski definition) is 6. The molecule has 0 aromatic carbocycles. The Balaban J connectivity index is 1.81. The van der Waals surface area contributed by atoms with Crippen molar-refractivity contribution in [2.75, 3.05) is 26.7 Å². The van der Waals surface area contributed by atoms with Crippen LogP contribution in [0.2, 0.25) is 0 Å². The first-order chi connectivity index (χ1) is 13.0. The number of amides is 3. The van der Waals surface area contributed by atoms with E-state index in [0.29, 0.717) is 11.5 Å². The molecule has 9 heteroatoms. The van der Waals surface area contributed by atoms with Crippen molar-refractivity contribution in [2.45, 2.75) is 31.8 Å². The van der Waals surface area contributed by atoms with Gasteiger partial charge in [-0.1, -0.05) is 0 Å². The van der Waals surface area contributed by atoms with E-state index in [2.05, 4.69) is 16.0 Å².